The summed E-state index contributed by atoms with van der Waals surface area (Å²) in [5, 5.41) is 9.34. The molecule has 20 heavy (non-hydrogen) atoms. The van der Waals surface area contributed by atoms with Crippen molar-refractivity contribution in [3.8, 4) is 0 Å². The Labute approximate surface area is 122 Å². The van der Waals surface area contributed by atoms with Gasteiger partial charge in [0.25, 0.3) is 0 Å². The number of carbonyl (C=O) groups is 1. The molecule has 0 aromatic rings. The first-order valence-corrected chi connectivity index (χ1v) is 7.60. The maximum Gasteiger partial charge on any atom is 0.323 e. The van der Waals surface area contributed by atoms with Crippen LogP contribution in [0.4, 0.5) is 0 Å². The zero-order valence-corrected chi connectivity index (χ0v) is 13.6. The number of rotatable bonds is 5. The summed E-state index contributed by atoms with van der Waals surface area (Å²) in [5.41, 5.74) is -0.433. The fourth-order valence-electron chi connectivity index (χ4n) is 2.53. The van der Waals surface area contributed by atoms with Crippen LogP contribution in [0.3, 0.4) is 0 Å². The average molecular weight is 286 g/mol. The molecule has 2 unspecified atom stereocenters. The van der Waals surface area contributed by atoms with E-state index in [0.29, 0.717) is 0 Å². The molecular weight excluding hydrogens is 256 g/mol. The number of aliphatic hydroxyl groups excluding tert-OH is 1. The Morgan fingerprint density at radius 3 is 2.10 bits per heavy atom. The molecule has 1 N–H and O–H groups in total. The van der Waals surface area contributed by atoms with Gasteiger partial charge in [0, 0.05) is 32.2 Å². The maximum atomic E-state index is 12.1. The lowest BCUT2D eigenvalue weighted by Crippen LogP contribution is -2.55. The Balaban J connectivity index is 2.46. The van der Waals surface area contributed by atoms with Crippen molar-refractivity contribution in [3.05, 3.63) is 0 Å². The summed E-state index contributed by atoms with van der Waals surface area (Å²) in [5.74, 6) is -0.153. The number of aliphatic hydroxyl groups is 1. The molecule has 0 spiro atoms. The van der Waals surface area contributed by atoms with Crippen LogP contribution in [-0.2, 0) is 9.53 Å². The first kappa shape index (κ1) is 17.4. The van der Waals surface area contributed by atoms with Gasteiger partial charge in [-0.25, -0.2) is 0 Å². The molecule has 0 aliphatic carbocycles. The zero-order chi connectivity index (χ0) is 15.3. The molecule has 1 heterocycles. The van der Waals surface area contributed by atoms with E-state index in [0.717, 1.165) is 32.6 Å². The van der Waals surface area contributed by atoms with Gasteiger partial charge in [-0.05, 0) is 34.1 Å². The lowest BCUT2D eigenvalue weighted by molar-refractivity contribution is -0.161. The van der Waals surface area contributed by atoms with Gasteiger partial charge in [-0.1, -0.05) is 6.92 Å². The van der Waals surface area contributed by atoms with E-state index >= 15 is 0 Å². The molecule has 1 saturated heterocycles. The van der Waals surface area contributed by atoms with E-state index < -0.39 is 5.60 Å². The van der Waals surface area contributed by atoms with Crippen LogP contribution in [0.1, 0.15) is 41.0 Å². The molecule has 0 aromatic heterocycles. The molecule has 0 bridgehead atoms. The predicted molar refractivity (Wildman–Crippen MR) is 79.6 cm³/mol. The number of hydrogen-bond acceptors (Lipinski definition) is 5. The third kappa shape index (κ3) is 5.04. The van der Waals surface area contributed by atoms with Gasteiger partial charge in [-0.2, -0.15) is 0 Å². The molecule has 2 atom stereocenters. The van der Waals surface area contributed by atoms with Crippen molar-refractivity contribution in [1.82, 2.24) is 9.80 Å². The van der Waals surface area contributed by atoms with Crippen molar-refractivity contribution >= 4 is 5.97 Å². The first-order chi connectivity index (χ1) is 9.28. The lowest BCUT2D eigenvalue weighted by Gasteiger charge is -2.40. The van der Waals surface area contributed by atoms with E-state index in [2.05, 4.69) is 16.7 Å². The Hall–Kier alpha value is -0.650. The number of piperazine rings is 1. The topological polar surface area (TPSA) is 53.0 Å². The molecule has 118 valence electrons. The molecule has 0 radical (unpaired) electrons. The summed E-state index contributed by atoms with van der Waals surface area (Å²) < 4.78 is 5.44. The summed E-state index contributed by atoms with van der Waals surface area (Å²) in [4.78, 5) is 16.5. The fourth-order valence-corrected chi connectivity index (χ4v) is 2.53. The molecular formula is C15H30N2O3. The van der Waals surface area contributed by atoms with Crippen molar-refractivity contribution in [2.75, 3.05) is 32.8 Å². The summed E-state index contributed by atoms with van der Waals surface area (Å²) >= 11 is 0. The summed E-state index contributed by atoms with van der Waals surface area (Å²) in [6.07, 6.45) is 0.956. The summed E-state index contributed by atoms with van der Waals surface area (Å²) in [7, 11) is 0. The number of hydrogen-bond donors (Lipinski definition) is 1. The zero-order valence-electron chi connectivity index (χ0n) is 13.6. The quantitative estimate of drug-likeness (QED) is 0.767. The molecule has 0 aromatic carbocycles. The molecule has 1 aliphatic heterocycles. The van der Waals surface area contributed by atoms with Crippen LogP contribution in [0.15, 0.2) is 0 Å². The normalized spacial score (nSPS) is 21.5. The number of nitrogens with zero attached hydrogens (tertiary/aromatic N) is 2. The van der Waals surface area contributed by atoms with Crippen LogP contribution in [-0.4, -0.2) is 71.3 Å². The van der Waals surface area contributed by atoms with Gasteiger partial charge in [0.05, 0.1) is 6.61 Å². The van der Waals surface area contributed by atoms with Crippen molar-refractivity contribution in [2.24, 2.45) is 0 Å². The van der Waals surface area contributed by atoms with Crippen LogP contribution in [0.25, 0.3) is 0 Å². The first-order valence-electron chi connectivity index (χ1n) is 7.60. The monoisotopic (exact) mass is 286 g/mol. The van der Waals surface area contributed by atoms with Gasteiger partial charge in [0.15, 0.2) is 0 Å². The van der Waals surface area contributed by atoms with Gasteiger partial charge in [0.1, 0.15) is 11.6 Å². The Morgan fingerprint density at radius 1 is 1.20 bits per heavy atom. The average Bonchev–Trinajstić information content (AvgIpc) is 2.38. The van der Waals surface area contributed by atoms with Gasteiger partial charge in [0.2, 0.25) is 0 Å². The van der Waals surface area contributed by atoms with E-state index in [-0.39, 0.29) is 24.7 Å². The van der Waals surface area contributed by atoms with E-state index in [1.165, 1.54) is 0 Å². The van der Waals surface area contributed by atoms with Gasteiger partial charge in [-0.3, -0.25) is 14.6 Å². The van der Waals surface area contributed by atoms with Gasteiger partial charge >= 0.3 is 5.97 Å². The third-order valence-corrected chi connectivity index (χ3v) is 3.84. The van der Waals surface area contributed by atoms with Gasteiger partial charge in [-0.15, -0.1) is 0 Å². The van der Waals surface area contributed by atoms with Crippen LogP contribution in [0.2, 0.25) is 0 Å². The van der Waals surface area contributed by atoms with E-state index in [1.54, 1.807) is 0 Å². The highest BCUT2D eigenvalue weighted by Gasteiger charge is 2.30. The highest BCUT2D eigenvalue weighted by Crippen LogP contribution is 2.15. The Bertz CT molecular complexity index is 303. The molecule has 0 saturated carbocycles. The minimum absolute atomic E-state index is 0.153. The van der Waals surface area contributed by atoms with E-state index in [1.807, 2.05) is 27.7 Å². The standard InChI is InChI=1S/C15H30N2O3/c1-6-13(11-18)17-9-7-16(8-10-17)12(2)14(19)20-15(3,4)5/h12-13,18H,6-11H2,1-5H3. The molecule has 0 amide bonds. The Morgan fingerprint density at radius 2 is 1.70 bits per heavy atom. The third-order valence-electron chi connectivity index (χ3n) is 3.84. The van der Waals surface area contributed by atoms with E-state index in [9.17, 15) is 9.90 Å². The van der Waals surface area contributed by atoms with E-state index in [4.69, 9.17) is 4.74 Å². The molecule has 5 heteroatoms. The molecule has 1 rings (SSSR count). The van der Waals surface area contributed by atoms with Crippen molar-refractivity contribution < 1.29 is 14.6 Å². The minimum atomic E-state index is -0.433. The van der Waals surface area contributed by atoms with Crippen LogP contribution < -0.4 is 0 Å². The second-order valence-electron chi connectivity index (χ2n) is 6.53. The second-order valence-corrected chi connectivity index (χ2v) is 6.53. The predicted octanol–water partition coefficient (Wildman–Crippen LogP) is 1.11. The van der Waals surface area contributed by atoms with Crippen molar-refractivity contribution in [2.45, 2.75) is 58.7 Å². The van der Waals surface area contributed by atoms with Crippen LogP contribution >= 0.6 is 0 Å². The fraction of sp³-hybridized carbons (Fsp3) is 0.933. The molecule has 5 nitrogen and oxygen atoms in total. The van der Waals surface area contributed by atoms with Gasteiger partial charge < -0.3 is 9.84 Å². The van der Waals surface area contributed by atoms with Crippen LogP contribution in [0, 0.1) is 0 Å². The minimum Gasteiger partial charge on any atom is -0.459 e. The van der Waals surface area contributed by atoms with Crippen molar-refractivity contribution in [3.63, 3.8) is 0 Å². The molecule has 1 fully saturated rings. The Kier molecular flexibility index (Phi) is 6.43. The highest BCUT2D eigenvalue weighted by molar-refractivity contribution is 5.75. The molecule has 1 aliphatic rings. The van der Waals surface area contributed by atoms with Crippen LogP contribution in [0.5, 0.6) is 0 Å². The number of carbonyl (C=O) groups excluding carboxylic acids is 1. The number of ether oxygens (including phenoxy) is 1. The SMILES string of the molecule is CCC(CO)N1CCN(C(C)C(=O)OC(C)(C)C)CC1. The van der Waals surface area contributed by atoms with Crippen molar-refractivity contribution in [1.29, 1.82) is 0 Å². The lowest BCUT2D eigenvalue weighted by atomic mass is 10.1. The second kappa shape index (κ2) is 7.38. The maximum absolute atomic E-state index is 12.1. The summed E-state index contributed by atoms with van der Waals surface area (Å²) in [6, 6.07) is 0.0413. The highest BCUT2D eigenvalue weighted by atomic mass is 16.6. The number of esters is 1. The smallest absolute Gasteiger partial charge is 0.323 e. The summed E-state index contributed by atoms with van der Waals surface area (Å²) in [6.45, 7) is 13.4. The largest absolute Gasteiger partial charge is 0.459 e.